The Morgan fingerprint density at radius 2 is 1.77 bits per heavy atom. The van der Waals surface area contributed by atoms with Crippen molar-refractivity contribution in [3.8, 4) is 11.3 Å². The topological polar surface area (TPSA) is 45.2 Å². The van der Waals surface area contributed by atoms with Gasteiger partial charge in [0.15, 0.2) is 0 Å². The molecule has 1 N–H and O–H groups in total. The fourth-order valence-corrected chi connectivity index (χ4v) is 2.88. The average molecular weight is 345 g/mol. The maximum Gasteiger partial charge on any atom is 0.257 e. The lowest BCUT2D eigenvalue weighted by molar-refractivity contribution is 0.102. The van der Waals surface area contributed by atoms with Crippen molar-refractivity contribution in [3.63, 3.8) is 0 Å². The SMILES string of the molecule is Cc1nc(-c2ccccc2)ccc1C(=O)Nc1cccc(CN(C)C)c1. The third kappa shape index (κ3) is 4.35. The number of hydrogen-bond acceptors (Lipinski definition) is 3. The second-order valence-electron chi connectivity index (χ2n) is 6.59. The molecule has 1 amide bonds. The van der Waals surface area contributed by atoms with E-state index in [0.29, 0.717) is 11.3 Å². The highest BCUT2D eigenvalue weighted by molar-refractivity contribution is 6.05. The van der Waals surface area contributed by atoms with Crippen molar-refractivity contribution in [1.82, 2.24) is 9.88 Å². The van der Waals surface area contributed by atoms with E-state index in [1.54, 1.807) is 0 Å². The number of amides is 1. The van der Waals surface area contributed by atoms with E-state index in [0.717, 1.165) is 29.1 Å². The normalized spacial score (nSPS) is 10.8. The Balaban J connectivity index is 1.78. The first-order valence-corrected chi connectivity index (χ1v) is 8.61. The van der Waals surface area contributed by atoms with Crippen molar-refractivity contribution in [1.29, 1.82) is 0 Å². The minimum atomic E-state index is -0.142. The number of nitrogens with one attached hydrogen (secondary N) is 1. The van der Waals surface area contributed by atoms with Crippen LogP contribution in [-0.4, -0.2) is 29.9 Å². The van der Waals surface area contributed by atoms with Gasteiger partial charge in [-0.25, -0.2) is 0 Å². The predicted molar refractivity (Wildman–Crippen MR) is 106 cm³/mol. The zero-order valence-corrected chi connectivity index (χ0v) is 15.4. The van der Waals surface area contributed by atoms with Gasteiger partial charge in [-0.05, 0) is 50.8 Å². The van der Waals surface area contributed by atoms with E-state index in [1.807, 2.05) is 81.7 Å². The van der Waals surface area contributed by atoms with Crippen LogP contribution >= 0.6 is 0 Å². The Hall–Kier alpha value is -2.98. The largest absolute Gasteiger partial charge is 0.322 e. The van der Waals surface area contributed by atoms with Crippen molar-refractivity contribution in [2.45, 2.75) is 13.5 Å². The van der Waals surface area contributed by atoms with Crippen LogP contribution in [0.25, 0.3) is 11.3 Å². The minimum absolute atomic E-state index is 0.142. The van der Waals surface area contributed by atoms with Crippen LogP contribution < -0.4 is 5.32 Å². The van der Waals surface area contributed by atoms with E-state index in [9.17, 15) is 4.79 Å². The molecule has 0 atom stereocenters. The van der Waals surface area contributed by atoms with Gasteiger partial charge in [0.2, 0.25) is 0 Å². The molecule has 0 saturated carbocycles. The molecule has 0 spiro atoms. The van der Waals surface area contributed by atoms with Gasteiger partial charge < -0.3 is 10.2 Å². The number of pyridine rings is 1. The molecule has 4 nitrogen and oxygen atoms in total. The molecule has 0 fully saturated rings. The fraction of sp³-hybridized carbons (Fsp3) is 0.182. The van der Waals surface area contributed by atoms with Gasteiger partial charge in [0.25, 0.3) is 5.91 Å². The molecular weight excluding hydrogens is 322 g/mol. The molecule has 0 unspecified atom stereocenters. The maximum absolute atomic E-state index is 12.7. The summed E-state index contributed by atoms with van der Waals surface area (Å²) in [5, 5.41) is 2.97. The molecule has 1 heterocycles. The number of hydrogen-bond donors (Lipinski definition) is 1. The van der Waals surface area contributed by atoms with Crippen molar-refractivity contribution in [2.75, 3.05) is 19.4 Å². The van der Waals surface area contributed by atoms with Crippen molar-refractivity contribution >= 4 is 11.6 Å². The number of aryl methyl sites for hydroxylation is 1. The molecule has 0 aliphatic carbocycles. The molecule has 0 radical (unpaired) electrons. The lowest BCUT2D eigenvalue weighted by atomic mass is 10.1. The predicted octanol–water partition coefficient (Wildman–Crippen LogP) is 4.37. The number of carbonyl (C=O) groups is 1. The van der Waals surface area contributed by atoms with Crippen LogP contribution in [0.2, 0.25) is 0 Å². The summed E-state index contributed by atoms with van der Waals surface area (Å²) in [5.41, 5.74) is 5.16. The van der Waals surface area contributed by atoms with Crippen LogP contribution in [0.1, 0.15) is 21.6 Å². The van der Waals surface area contributed by atoms with E-state index in [-0.39, 0.29) is 5.91 Å². The summed E-state index contributed by atoms with van der Waals surface area (Å²) >= 11 is 0. The highest BCUT2D eigenvalue weighted by Gasteiger charge is 2.12. The van der Waals surface area contributed by atoms with Crippen molar-refractivity contribution in [2.24, 2.45) is 0 Å². The summed E-state index contributed by atoms with van der Waals surface area (Å²) in [5.74, 6) is -0.142. The third-order valence-electron chi connectivity index (χ3n) is 4.08. The molecule has 26 heavy (non-hydrogen) atoms. The van der Waals surface area contributed by atoms with E-state index in [4.69, 9.17) is 0 Å². The van der Waals surface area contributed by atoms with Crippen LogP contribution in [0, 0.1) is 6.92 Å². The van der Waals surface area contributed by atoms with Crippen LogP contribution in [-0.2, 0) is 6.54 Å². The summed E-state index contributed by atoms with van der Waals surface area (Å²) in [4.78, 5) is 19.3. The molecule has 2 aromatic carbocycles. The standard InChI is InChI=1S/C22H23N3O/c1-16-20(12-13-21(23-16)18-9-5-4-6-10-18)22(26)24-19-11-7-8-17(14-19)15-25(2)3/h4-14H,15H2,1-3H3,(H,24,26). The van der Waals surface area contributed by atoms with Gasteiger partial charge in [0.05, 0.1) is 17.0 Å². The highest BCUT2D eigenvalue weighted by atomic mass is 16.1. The van der Waals surface area contributed by atoms with E-state index < -0.39 is 0 Å². The van der Waals surface area contributed by atoms with Crippen LogP contribution in [0.4, 0.5) is 5.69 Å². The van der Waals surface area contributed by atoms with Crippen molar-refractivity contribution in [3.05, 3.63) is 83.6 Å². The first kappa shape index (κ1) is 17.8. The molecular formula is C22H23N3O. The summed E-state index contributed by atoms with van der Waals surface area (Å²) in [6.45, 7) is 2.69. The second kappa shape index (κ2) is 7.93. The number of aromatic nitrogens is 1. The molecule has 0 aliphatic heterocycles. The van der Waals surface area contributed by atoms with Crippen LogP contribution in [0.5, 0.6) is 0 Å². The lowest BCUT2D eigenvalue weighted by Gasteiger charge is -2.12. The Morgan fingerprint density at radius 1 is 1.00 bits per heavy atom. The molecule has 0 saturated heterocycles. The van der Waals surface area contributed by atoms with Gasteiger partial charge in [-0.1, -0.05) is 42.5 Å². The van der Waals surface area contributed by atoms with Crippen LogP contribution in [0.15, 0.2) is 66.7 Å². The number of rotatable bonds is 5. The van der Waals surface area contributed by atoms with E-state index in [2.05, 4.69) is 21.3 Å². The Bertz CT molecular complexity index is 904. The van der Waals surface area contributed by atoms with E-state index >= 15 is 0 Å². The molecule has 0 bridgehead atoms. The average Bonchev–Trinajstić information content (AvgIpc) is 2.62. The number of carbonyl (C=O) groups excluding carboxylic acids is 1. The smallest absolute Gasteiger partial charge is 0.257 e. The van der Waals surface area contributed by atoms with Crippen molar-refractivity contribution < 1.29 is 4.79 Å². The second-order valence-corrected chi connectivity index (χ2v) is 6.59. The molecule has 3 rings (SSSR count). The summed E-state index contributed by atoms with van der Waals surface area (Å²) in [6, 6.07) is 21.6. The van der Waals surface area contributed by atoms with Gasteiger partial charge in [-0.15, -0.1) is 0 Å². The summed E-state index contributed by atoms with van der Waals surface area (Å²) in [6.07, 6.45) is 0. The first-order valence-electron chi connectivity index (χ1n) is 8.61. The van der Waals surface area contributed by atoms with Gasteiger partial charge in [0, 0.05) is 17.8 Å². The quantitative estimate of drug-likeness (QED) is 0.747. The van der Waals surface area contributed by atoms with Gasteiger partial charge in [0.1, 0.15) is 0 Å². The summed E-state index contributed by atoms with van der Waals surface area (Å²) in [7, 11) is 4.04. The molecule has 0 aliphatic rings. The number of benzene rings is 2. The van der Waals surface area contributed by atoms with Crippen LogP contribution in [0.3, 0.4) is 0 Å². The zero-order chi connectivity index (χ0) is 18.5. The minimum Gasteiger partial charge on any atom is -0.322 e. The third-order valence-corrected chi connectivity index (χ3v) is 4.08. The highest BCUT2D eigenvalue weighted by Crippen LogP contribution is 2.20. The number of anilines is 1. The Kier molecular flexibility index (Phi) is 5.44. The summed E-state index contributed by atoms with van der Waals surface area (Å²) < 4.78 is 0. The monoisotopic (exact) mass is 345 g/mol. The Morgan fingerprint density at radius 3 is 2.46 bits per heavy atom. The van der Waals surface area contributed by atoms with Gasteiger partial charge in [-0.3, -0.25) is 9.78 Å². The van der Waals surface area contributed by atoms with Gasteiger partial charge >= 0.3 is 0 Å². The van der Waals surface area contributed by atoms with E-state index in [1.165, 1.54) is 0 Å². The molecule has 3 aromatic rings. The maximum atomic E-state index is 12.7. The Labute approximate surface area is 154 Å². The van der Waals surface area contributed by atoms with Gasteiger partial charge in [-0.2, -0.15) is 0 Å². The fourth-order valence-electron chi connectivity index (χ4n) is 2.88. The molecule has 4 heteroatoms. The number of nitrogens with zero attached hydrogens (tertiary/aromatic N) is 2. The zero-order valence-electron chi connectivity index (χ0n) is 15.4. The lowest BCUT2D eigenvalue weighted by Crippen LogP contribution is -2.15. The molecule has 1 aromatic heterocycles. The first-order chi connectivity index (χ1) is 12.5. The molecule has 132 valence electrons.